The molecule has 0 spiro atoms. The van der Waals surface area contributed by atoms with Crippen molar-refractivity contribution in [1.82, 2.24) is 9.96 Å². The fourth-order valence-electron chi connectivity index (χ4n) is 3.05. The van der Waals surface area contributed by atoms with Crippen molar-refractivity contribution in [3.8, 4) is 0 Å². The van der Waals surface area contributed by atoms with Crippen LogP contribution < -0.4 is 9.96 Å². The Balaban J connectivity index is 2.01. The number of alkyl halides is 3. The van der Waals surface area contributed by atoms with Gasteiger partial charge in [0.15, 0.2) is 0 Å². The lowest BCUT2D eigenvalue weighted by Gasteiger charge is -2.38. The van der Waals surface area contributed by atoms with Crippen LogP contribution in [0.1, 0.15) is 17.2 Å². The summed E-state index contributed by atoms with van der Waals surface area (Å²) in [5.74, 6) is -0.416. The first-order valence-corrected chi connectivity index (χ1v) is 7.55. The van der Waals surface area contributed by atoms with E-state index in [1.807, 2.05) is 0 Å². The third kappa shape index (κ3) is 3.04. The van der Waals surface area contributed by atoms with Crippen LogP contribution in [-0.4, -0.2) is 12.5 Å². The van der Waals surface area contributed by atoms with Crippen LogP contribution in [0.25, 0.3) is 0 Å². The quantitative estimate of drug-likeness (QED) is 0.513. The van der Waals surface area contributed by atoms with E-state index in [9.17, 15) is 23.2 Å². The predicted octanol–water partition coefficient (Wildman–Crippen LogP) is 4.20. The number of hydrogen-bond donors (Lipinski definition) is 1. The maximum Gasteiger partial charge on any atom is 0.416 e. The van der Waals surface area contributed by atoms with E-state index in [0.29, 0.717) is 11.3 Å². The van der Waals surface area contributed by atoms with Crippen LogP contribution in [0.15, 0.2) is 61.2 Å². The van der Waals surface area contributed by atoms with Gasteiger partial charge in [-0.1, -0.05) is 24.8 Å². The van der Waals surface area contributed by atoms with Crippen LogP contribution in [0, 0.1) is 5.21 Å². The Morgan fingerprint density at radius 3 is 2.44 bits per heavy atom. The summed E-state index contributed by atoms with van der Waals surface area (Å²) in [6.45, 7) is 3.35. The van der Waals surface area contributed by atoms with Crippen molar-refractivity contribution in [1.29, 1.82) is 0 Å². The first kappa shape index (κ1) is 17.2. The molecule has 130 valence electrons. The topological polar surface area (TPSA) is 52.2 Å². The summed E-state index contributed by atoms with van der Waals surface area (Å²) >= 11 is 0. The van der Waals surface area contributed by atoms with Gasteiger partial charge in [-0.2, -0.15) is 13.2 Å². The number of fused-ring (bicyclic) bond motifs is 1. The van der Waals surface area contributed by atoms with Gasteiger partial charge in [-0.05, 0) is 18.2 Å². The van der Waals surface area contributed by atoms with E-state index in [-0.39, 0.29) is 12.2 Å². The third-order valence-corrected chi connectivity index (χ3v) is 4.25. The molecule has 0 aliphatic carbocycles. The maximum absolute atomic E-state index is 13.4. The number of hydrogen-bond acceptors (Lipinski definition) is 2. The van der Waals surface area contributed by atoms with Gasteiger partial charge in [0.05, 0.1) is 5.56 Å². The summed E-state index contributed by atoms with van der Waals surface area (Å²) in [7, 11) is 0. The Morgan fingerprint density at radius 2 is 1.84 bits per heavy atom. The molecule has 3 rings (SSSR count). The van der Waals surface area contributed by atoms with E-state index in [0.717, 1.165) is 18.2 Å². The second kappa shape index (κ2) is 6.02. The van der Waals surface area contributed by atoms with E-state index in [1.165, 1.54) is 12.1 Å². The van der Waals surface area contributed by atoms with E-state index < -0.39 is 28.3 Å². The van der Waals surface area contributed by atoms with Gasteiger partial charge in [-0.25, -0.2) is 0 Å². The van der Waals surface area contributed by atoms with Gasteiger partial charge in [0.25, 0.3) is 0 Å². The molecule has 2 aromatic carbocycles. The first-order valence-electron chi connectivity index (χ1n) is 7.55. The molecule has 1 heterocycles. The van der Waals surface area contributed by atoms with Crippen molar-refractivity contribution in [2.75, 3.05) is 6.54 Å². The molecule has 0 bridgehead atoms. The Bertz CT molecular complexity index is 818. The minimum absolute atomic E-state index is 0.0374. The lowest BCUT2D eigenvalue weighted by molar-refractivity contribution is -0.137. The van der Waals surface area contributed by atoms with Crippen molar-refractivity contribution < 1.29 is 18.0 Å². The fraction of sp³-hybridized carbons (Fsp3) is 0.167. The Labute approximate surface area is 142 Å². The SMILES string of the molecule is C=CC(=O)NC1C[N+]([O-])(c2ccc(C(F)(F)F)cc2)c2ccccc21. The second-order valence-corrected chi connectivity index (χ2v) is 5.79. The number of amides is 1. The zero-order chi connectivity index (χ0) is 18.2. The summed E-state index contributed by atoms with van der Waals surface area (Å²) in [5.41, 5.74) is 0.409. The molecular weight excluding hydrogens is 333 g/mol. The molecule has 25 heavy (non-hydrogen) atoms. The van der Waals surface area contributed by atoms with Crippen LogP contribution >= 0.6 is 0 Å². The summed E-state index contributed by atoms with van der Waals surface area (Å²) in [6.07, 6.45) is -3.35. The minimum atomic E-state index is -4.46. The number of quaternary nitrogens is 1. The number of carbonyl (C=O) groups excluding carboxylic acids is 1. The number of hydroxylamine groups is 1. The zero-order valence-corrected chi connectivity index (χ0v) is 13.1. The molecule has 7 heteroatoms. The van der Waals surface area contributed by atoms with Gasteiger partial charge in [-0.3, -0.25) is 9.44 Å². The number of rotatable bonds is 3. The molecule has 2 unspecified atom stereocenters. The standard InChI is InChI=1S/C18H15F3N2O2/c1-2-17(24)22-15-11-23(25,16-6-4-3-5-14(15)16)13-9-7-12(8-10-13)18(19,20)21/h2-10,15H,1,11H2,(H,22,24). The molecular formula is C18H15F3N2O2. The van der Waals surface area contributed by atoms with Gasteiger partial charge < -0.3 is 10.5 Å². The van der Waals surface area contributed by atoms with Crippen molar-refractivity contribution in [3.05, 3.63) is 77.5 Å². The van der Waals surface area contributed by atoms with E-state index in [2.05, 4.69) is 11.9 Å². The molecule has 1 N–H and O–H groups in total. The number of benzene rings is 2. The third-order valence-electron chi connectivity index (χ3n) is 4.25. The minimum Gasteiger partial charge on any atom is -0.622 e. The number of nitrogens with zero attached hydrogens (tertiary/aromatic N) is 1. The van der Waals surface area contributed by atoms with Crippen LogP contribution in [0.5, 0.6) is 0 Å². The summed E-state index contributed by atoms with van der Waals surface area (Å²) in [4.78, 5) is 11.6. The monoisotopic (exact) mass is 348 g/mol. The highest BCUT2D eigenvalue weighted by atomic mass is 19.4. The van der Waals surface area contributed by atoms with Gasteiger partial charge >= 0.3 is 6.18 Å². The zero-order valence-electron chi connectivity index (χ0n) is 13.1. The molecule has 0 fully saturated rings. The summed E-state index contributed by atoms with van der Waals surface area (Å²) in [6, 6.07) is 10.4. The Hall–Kier alpha value is -2.64. The van der Waals surface area contributed by atoms with E-state index >= 15 is 0 Å². The van der Waals surface area contributed by atoms with Crippen molar-refractivity contribution in [2.24, 2.45) is 0 Å². The average Bonchev–Trinajstić information content (AvgIpc) is 2.88. The summed E-state index contributed by atoms with van der Waals surface area (Å²) < 4.78 is 37.3. The Morgan fingerprint density at radius 1 is 1.20 bits per heavy atom. The van der Waals surface area contributed by atoms with Crippen molar-refractivity contribution in [2.45, 2.75) is 12.2 Å². The molecule has 0 radical (unpaired) electrons. The van der Waals surface area contributed by atoms with Crippen molar-refractivity contribution in [3.63, 3.8) is 0 Å². The molecule has 4 nitrogen and oxygen atoms in total. The molecule has 1 amide bonds. The number of para-hydroxylation sites is 1. The molecule has 0 saturated heterocycles. The molecule has 2 atom stereocenters. The van der Waals surface area contributed by atoms with Gasteiger partial charge in [-0.15, -0.1) is 0 Å². The lowest BCUT2D eigenvalue weighted by Crippen LogP contribution is -2.39. The molecule has 1 aliphatic heterocycles. The second-order valence-electron chi connectivity index (χ2n) is 5.79. The van der Waals surface area contributed by atoms with Crippen LogP contribution in [0.2, 0.25) is 0 Å². The molecule has 2 aromatic rings. The average molecular weight is 348 g/mol. The number of nitrogens with one attached hydrogen (secondary N) is 1. The highest BCUT2D eigenvalue weighted by Crippen LogP contribution is 2.46. The van der Waals surface area contributed by atoms with Crippen LogP contribution in [0.3, 0.4) is 0 Å². The first-order chi connectivity index (χ1) is 11.8. The Kier molecular flexibility index (Phi) is 4.14. The predicted molar refractivity (Wildman–Crippen MR) is 88.7 cm³/mol. The molecule has 0 saturated carbocycles. The smallest absolute Gasteiger partial charge is 0.416 e. The molecule has 0 aromatic heterocycles. The highest BCUT2D eigenvalue weighted by molar-refractivity contribution is 5.87. The highest BCUT2D eigenvalue weighted by Gasteiger charge is 2.41. The van der Waals surface area contributed by atoms with Crippen LogP contribution in [-0.2, 0) is 11.0 Å². The lowest BCUT2D eigenvalue weighted by atomic mass is 10.1. The number of carbonyl (C=O) groups is 1. The normalized spacial score (nSPS) is 22.3. The molecule has 1 aliphatic rings. The fourth-order valence-corrected chi connectivity index (χ4v) is 3.05. The maximum atomic E-state index is 13.4. The van der Waals surface area contributed by atoms with Gasteiger partial charge in [0.2, 0.25) is 5.91 Å². The van der Waals surface area contributed by atoms with E-state index in [4.69, 9.17) is 0 Å². The van der Waals surface area contributed by atoms with Gasteiger partial charge in [0, 0.05) is 23.8 Å². The number of halogens is 3. The largest absolute Gasteiger partial charge is 0.622 e. The van der Waals surface area contributed by atoms with Crippen molar-refractivity contribution >= 4 is 17.3 Å². The summed E-state index contributed by atoms with van der Waals surface area (Å²) in [5, 5.41) is 16.1. The van der Waals surface area contributed by atoms with Gasteiger partial charge in [0.1, 0.15) is 24.0 Å². The van der Waals surface area contributed by atoms with E-state index in [1.54, 1.807) is 24.3 Å². The van der Waals surface area contributed by atoms with Crippen LogP contribution in [0.4, 0.5) is 24.5 Å².